The second-order valence-corrected chi connectivity index (χ2v) is 6.93. The lowest BCUT2D eigenvalue weighted by atomic mass is 10.0. The van der Waals surface area contributed by atoms with Crippen LogP contribution in [0.3, 0.4) is 0 Å². The molecule has 1 amide bonds. The first-order chi connectivity index (χ1) is 12.0. The highest BCUT2D eigenvalue weighted by Gasteiger charge is 2.17. The Kier molecular flexibility index (Phi) is 5.27. The first kappa shape index (κ1) is 17.3. The molecule has 0 radical (unpaired) electrons. The van der Waals surface area contributed by atoms with Gasteiger partial charge in [-0.15, -0.1) is 0 Å². The minimum Gasteiger partial charge on any atom is -0.381 e. The molecule has 0 bridgehead atoms. The molecule has 0 atom stereocenters. The van der Waals surface area contributed by atoms with E-state index in [2.05, 4.69) is 48.3 Å². The molecular formula is C21H27N3O. The molecule has 0 aliphatic carbocycles. The third-order valence-electron chi connectivity index (χ3n) is 4.94. The van der Waals surface area contributed by atoms with Gasteiger partial charge in [0, 0.05) is 25.3 Å². The van der Waals surface area contributed by atoms with Crippen LogP contribution in [-0.4, -0.2) is 19.0 Å². The van der Waals surface area contributed by atoms with Crippen LogP contribution in [0.15, 0.2) is 36.4 Å². The van der Waals surface area contributed by atoms with Gasteiger partial charge in [-0.3, -0.25) is 4.79 Å². The highest BCUT2D eigenvalue weighted by molar-refractivity contribution is 5.99. The van der Waals surface area contributed by atoms with Crippen LogP contribution in [0.5, 0.6) is 0 Å². The average Bonchev–Trinajstić information content (AvgIpc) is 2.61. The van der Waals surface area contributed by atoms with Crippen molar-refractivity contribution >= 4 is 17.3 Å². The quantitative estimate of drug-likeness (QED) is 0.867. The lowest BCUT2D eigenvalue weighted by Crippen LogP contribution is -2.31. The van der Waals surface area contributed by atoms with Gasteiger partial charge in [-0.1, -0.05) is 23.8 Å². The maximum absolute atomic E-state index is 11.8. The third-order valence-corrected chi connectivity index (χ3v) is 4.94. The lowest BCUT2D eigenvalue weighted by Gasteiger charge is -2.30. The number of nitrogens with one attached hydrogen (secondary N) is 1. The molecule has 132 valence electrons. The maximum Gasteiger partial charge on any atom is 0.250 e. The van der Waals surface area contributed by atoms with E-state index >= 15 is 0 Å². The number of anilines is 2. The van der Waals surface area contributed by atoms with Gasteiger partial charge in [0.15, 0.2) is 0 Å². The molecule has 0 saturated carbocycles. The predicted molar refractivity (Wildman–Crippen MR) is 104 cm³/mol. The summed E-state index contributed by atoms with van der Waals surface area (Å²) in [4.78, 5) is 14.1. The average molecular weight is 337 g/mol. The van der Waals surface area contributed by atoms with Gasteiger partial charge in [-0.2, -0.15) is 0 Å². The second-order valence-electron chi connectivity index (χ2n) is 6.93. The zero-order valence-corrected chi connectivity index (χ0v) is 15.1. The van der Waals surface area contributed by atoms with Gasteiger partial charge in [0.2, 0.25) is 0 Å². The van der Waals surface area contributed by atoms with Crippen molar-refractivity contribution in [3.63, 3.8) is 0 Å². The summed E-state index contributed by atoms with van der Waals surface area (Å²) in [5, 5.41) is 3.49. The molecule has 25 heavy (non-hydrogen) atoms. The molecule has 2 aromatic carbocycles. The first-order valence-corrected chi connectivity index (χ1v) is 9.03. The molecule has 1 heterocycles. The van der Waals surface area contributed by atoms with E-state index < -0.39 is 0 Å². The summed E-state index contributed by atoms with van der Waals surface area (Å²) < 4.78 is 0. The summed E-state index contributed by atoms with van der Waals surface area (Å²) in [5.74, 6) is -0.360. The highest BCUT2D eigenvalue weighted by Crippen LogP contribution is 2.28. The van der Waals surface area contributed by atoms with E-state index in [9.17, 15) is 4.79 Å². The Labute approximate surface area is 150 Å². The monoisotopic (exact) mass is 337 g/mol. The van der Waals surface area contributed by atoms with Crippen LogP contribution in [0.25, 0.3) is 0 Å². The van der Waals surface area contributed by atoms with E-state index in [1.807, 2.05) is 12.1 Å². The van der Waals surface area contributed by atoms with Crippen molar-refractivity contribution in [1.82, 2.24) is 0 Å². The van der Waals surface area contributed by atoms with Crippen molar-refractivity contribution in [2.75, 3.05) is 23.3 Å². The van der Waals surface area contributed by atoms with Gasteiger partial charge in [0.25, 0.3) is 5.91 Å². The van der Waals surface area contributed by atoms with Gasteiger partial charge in [-0.25, -0.2) is 0 Å². The molecule has 1 saturated heterocycles. The van der Waals surface area contributed by atoms with Gasteiger partial charge in [0.1, 0.15) is 0 Å². The van der Waals surface area contributed by atoms with Gasteiger partial charge < -0.3 is 16.0 Å². The molecule has 1 aliphatic heterocycles. The Bertz CT molecular complexity index is 764. The van der Waals surface area contributed by atoms with Crippen molar-refractivity contribution in [1.29, 1.82) is 0 Å². The summed E-state index contributed by atoms with van der Waals surface area (Å²) in [6.45, 7) is 6.99. The molecule has 1 aliphatic rings. The summed E-state index contributed by atoms with van der Waals surface area (Å²) in [7, 11) is 0. The molecular weight excluding hydrogens is 310 g/mol. The predicted octanol–water partition coefficient (Wildman–Crippen LogP) is 4.00. The largest absolute Gasteiger partial charge is 0.381 e. The summed E-state index contributed by atoms with van der Waals surface area (Å²) in [6, 6.07) is 12.4. The fraction of sp³-hybridized carbons (Fsp3) is 0.381. The minimum absolute atomic E-state index is 0.360. The first-order valence-electron chi connectivity index (χ1n) is 9.03. The van der Waals surface area contributed by atoms with Crippen molar-refractivity contribution in [3.05, 3.63) is 58.7 Å². The number of primary amides is 1. The smallest absolute Gasteiger partial charge is 0.250 e. The van der Waals surface area contributed by atoms with E-state index in [1.54, 1.807) is 0 Å². The van der Waals surface area contributed by atoms with Crippen LogP contribution < -0.4 is 16.0 Å². The van der Waals surface area contributed by atoms with Crippen LogP contribution in [0, 0.1) is 13.8 Å². The van der Waals surface area contributed by atoms with E-state index in [1.165, 1.54) is 36.0 Å². The maximum atomic E-state index is 11.8. The van der Waals surface area contributed by atoms with E-state index in [4.69, 9.17) is 5.73 Å². The fourth-order valence-corrected chi connectivity index (χ4v) is 3.49. The van der Waals surface area contributed by atoms with E-state index in [0.717, 1.165) is 31.0 Å². The summed E-state index contributed by atoms with van der Waals surface area (Å²) >= 11 is 0. The molecule has 1 fully saturated rings. The molecule has 0 aromatic heterocycles. The Hall–Kier alpha value is -2.49. The van der Waals surface area contributed by atoms with Crippen molar-refractivity contribution in [3.8, 4) is 0 Å². The number of hydrogen-bond donors (Lipinski definition) is 2. The molecule has 3 rings (SSSR count). The Morgan fingerprint density at radius 3 is 2.52 bits per heavy atom. The van der Waals surface area contributed by atoms with Crippen molar-refractivity contribution in [2.45, 2.75) is 39.7 Å². The fourth-order valence-electron chi connectivity index (χ4n) is 3.49. The highest BCUT2D eigenvalue weighted by atomic mass is 16.1. The number of amides is 1. The third kappa shape index (κ3) is 4.13. The SMILES string of the molecule is Cc1ccc(CNc2ccc(C(N)=O)c(N3CCCCC3)c2)c(C)c1. The van der Waals surface area contributed by atoms with Crippen LogP contribution in [0.2, 0.25) is 0 Å². The molecule has 2 aromatic rings. The number of benzene rings is 2. The Morgan fingerprint density at radius 1 is 1.08 bits per heavy atom. The molecule has 3 N–H and O–H groups in total. The minimum atomic E-state index is -0.360. The number of nitrogens with zero attached hydrogens (tertiary/aromatic N) is 1. The van der Waals surface area contributed by atoms with Crippen LogP contribution in [0.4, 0.5) is 11.4 Å². The van der Waals surface area contributed by atoms with Crippen LogP contribution >= 0.6 is 0 Å². The molecule has 4 nitrogen and oxygen atoms in total. The number of carbonyl (C=O) groups excluding carboxylic acids is 1. The van der Waals surface area contributed by atoms with Crippen LogP contribution in [0.1, 0.15) is 46.3 Å². The molecule has 4 heteroatoms. The van der Waals surface area contributed by atoms with E-state index in [-0.39, 0.29) is 5.91 Å². The summed E-state index contributed by atoms with van der Waals surface area (Å²) in [5.41, 5.74) is 12.0. The number of carbonyl (C=O) groups is 1. The zero-order valence-electron chi connectivity index (χ0n) is 15.1. The molecule has 0 unspecified atom stereocenters. The van der Waals surface area contributed by atoms with Crippen LogP contribution in [-0.2, 0) is 6.54 Å². The Morgan fingerprint density at radius 2 is 1.84 bits per heavy atom. The van der Waals surface area contributed by atoms with Gasteiger partial charge in [0.05, 0.1) is 11.3 Å². The van der Waals surface area contributed by atoms with Crippen molar-refractivity contribution in [2.24, 2.45) is 5.73 Å². The van der Waals surface area contributed by atoms with E-state index in [0.29, 0.717) is 5.56 Å². The normalized spacial score (nSPS) is 14.4. The van der Waals surface area contributed by atoms with Gasteiger partial charge in [-0.05, 0) is 62.4 Å². The number of piperidine rings is 1. The number of nitrogens with two attached hydrogens (primary N) is 1. The zero-order chi connectivity index (χ0) is 17.8. The number of rotatable bonds is 5. The second kappa shape index (κ2) is 7.60. The van der Waals surface area contributed by atoms with Gasteiger partial charge >= 0.3 is 0 Å². The number of hydrogen-bond acceptors (Lipinski definition) is 3. The lowest BCUT2D eigenvalue weighted by molar-refractivity contribution is 0.100. The number of aryl methyl sites for hydroxylation is 2. The van der Waals surface area contributed by atoms with Crippen molar-refractivity contribution < 1.29 is 4.79 Å². The topological polar surface area (TPSA) is 58.4 Å². The Balaban J connectivity index is 1.80. The standard InChI is InChI=1S/C21H27N3O/c1-15-6-7-17(16(2)12-15)14-23-18-8-9-19(21(22)25)20(13-18)24-10-4-3-5-11-24/h6-9,12-13,23H,3-5,10-11,14H2,1-2H3,(H2,22,25). The summed E-state index contributed by atoms with van der Waals surface area (Å²) in [6.07, 6.45) is 3.59. The molecule has 0 spiro atoms.